The lowest BCUT2D eigenvalue weighted by atomic mass is 10.1. The zero-order chi connectivity index (χ0) is 19.8. The molecule has 4 rings (SSSR count). The molecule has 1 aliphatic heterocycles. The van der Waals surface area contributed by atoms with Crippen molar-refractivity contribution in [3.8, 4) is 5.75 Å². The van der Waals surface area contributed by atoms with Crippen LogP contribution in [-0.4, -0.2) is 56.0 Å². The Morgan fingerprint density at radius 3 is 2.46 bits per heavy atom. The van der Waals surface area contributed by atoms with Crippen LogP contribution in [-0.2, 0) is 0 Å². The van der Waals surface area contributed by atoms with Gasteiger partial charge >= 0.3 is 11.3 Å². The molecule has 1 amide bonds. The molecule has 150 valence electrons. The topological polar surface area (TPSA) is 93.2 Å². The Bertz CT molecular complexity index is 998. The normalized spacial score (nSPS) is 20.9. The molecular formula is C20H24N2O6. The van der Waals surface area contributed by atoms with Crippen molar-refractivity contribution in [1.29, 1.82) is 0 Å². The molecule has 1 aliphatic carbocycles. The minimum atomic E-state index is -1.15. The van der Waals surface area contributed by atoms with E-state index in [-0.39, 0.29) is 28.4 Å². The van der Waals surface area contributed by atoms with Crippen molar-refractivity contribution in [2.24, 2.45) is 11.8 Å². The van der Waals surface area contributed by atoms with E-state index in [0.717, 1.165) is 31.2 Å². The van der Waals surface area contributed by atoms with Crippen molar-refractivity contribution >= 4 is 17.1 Å². The number of hydrogen-bond acceptors (Lipinski definition) is 7. The first-order valence-electron chi connectivity index (χ1n) is 9.62. The molecular weight excluding hydrogens is 364 g/mol. The number of carbonyl (C=O) groups is 1. The standard InChI is InChI=1S/C20H24N2O6/c1-21(2)18(23)14-5-6-15(17-16(14)27-19(24)20(25)28-17)26-8-4-3-7-22-10-12-9-13(12)11-22/h5-6,12-13H,3-4,7-11H2,1-2H3/t12-,13+. The number of carbonyl (C=O) groups excluding carboxylic acids is 1. The van der Waals surface area contributed by atoms with E-state index in [1.165, 1.54) is 30.5 Å². The Labute approximate surface area is 161 Å². The molecule has 0 unspecified atom stereocenters. The molecule has 1 saturated carbocycles. The van der Waals surface area contributed by atoms with Crippen LogP contribution in [0, 0.1) is 11.8 Å². The number of amides is 1. The van der Waals surface area contributed by atoms with Gasteiger partial charge in [0.2, 0.25) is 5.58 Å². The number of fused-ring (bicyclic) bond motifs is 2. The lowest BCUT2D eigenvalue weighted by molar-refractivity contribution is 0.0828. The van der Waals surface area contributed by atoms with Gasteiger partial charge in [0.15, 0.2) is 11.3 Å². The smallest absolute Gasteiger partial charge is 0.423 e. The first-order valence-corrected chi connectivity index (χ1v) is 9.62. The van der Waals surface area contributed by atoms with Crippen molar-refractivity contribution in [1.82, 2.24) is 9.80 Å². The zero-order valence-corrected chi connectivity index (χ0v) is 16.1. The maximum atomic E-state index is 12.3. The first kappa shape index (κ1) is 18.7. The Morgan fingerprint density at radius 2 is 1.79 bits per heavy atom. The van der Waals surface area contributed by atoms with Gasteiger partial charge in [-0.2, -0.15) is 0 Å². The van der Waals surface area contributed by atoms with Gasteiger partial charge in [0, 0.05) is 27.2 Å². The Morgan fingerprint density at radius 1 is 1.11 bits per heavy atom. The number of unbranched alkanes of at least 4 members (excludes halogenated alkanes) is 1. The molecule has 1 aromatic carbocycles. The van der Waals surface area contributed by atoms with Gasteiger partial charge in [0.05, 0.1) is 12.2 Å². The minimum absolute atomic E-state index is 0.0167. The summed E-state index contributed by atoms with van der Waals surface area (Å²) in [7, 11) is 3.17. The summed E-state index contributed by atoms with van der Waals surface area (Å²) in [5.41, 5.74) is -2.23. The quantitative estimate of drug-likeness (QED) is 0.525. The second-order valence-corrected chi connectivity index (χ2v) is 7.82. The second-order valence-electron chi connectivity index (χ2n) is 7.82. The largest absolute Gasteiger partial charge is 0.490 e. The van der Waals surface area contributed by atoms with Gasteiger partial charge in [-0.05, 0) is 49.8 Å². The van der Waals surface area contributed by atoms with Crippen molar-refractivity contribution in [2.75, 3.05) is 40.3 Å². The van der Waals surface area contributed by atoms with Gasteiger partial charge in [0.1, 0.15) is 0 Å². The fraction of sp³-hybridized carbons (Fsp3) is 0.550. The average molecular weight is 388 g/mol. The van der Waals surface area contributed by atoms with Crippen molar-refractivity contribution in [2.45, 2.75) is 19.3 Å². The van der Waals surface area contributed by atoms with Gasteiger partial charge in [-0.15, -0.1) is 0 Å². The van der Waals surface area contributed by atoms with E-state index in [0.29, 0.717) is 6.61 Å². The molecule has 28 heavy (non-hydrogen) atoms. The predicted molar refractivity (Wildman–Crippen MR) is 102 cm³/mol. The molecule has 2 atom stereocenters. The summed E-state index contributed by atoms with van der Waals surface area (Å²) in [6.45, 7) is 3.96. The maximum Gasteiger partial charge on any atom is 0.423 e. The summed E-state index contributed by atoms with van der Waals surface area (Å²) in [6, 6.07) is 3.08. The highest BCUT2D eigenvalue weighted by Gasteiger charge is 2.44. The number of piperidine rings is 1. The molecule has 8 heteroatoms. The van der Waals surface area contributed by atoms with E-state index in [2.05, 4.69) is 4.90 Å². The first-order chi connectivity index (χ1) is 13.4. The van der Waals surface area contributed by atoms with Crippen LogP contribution in [0.2, 0.25) is 0 Å². The number of hydrogen-bond donors (Lipinski definition) is 0. The molecule has 1 aromatic heterocycles. The van der Waals surface area contributed by atoms with Crippen LogP contribution in [0.4, 0.5) is 0 Å². The third kappa shape index (κ3) is 3.69. The van der Waals surface area contributed by atoms with Gasteiger partial charge in [-0.3, -0.25) is 4.79 Å². The minimum Gasteiger partial charge on any atom is -0.490 e. The molecule has 2 aromatic rings. The molecule has 0 spiro atoms. The van der Waals surface area contributed by atoms with E-state index in [9.17, 15) is 14.4 Å². The summed E-state index contributed by atoms with van der Waals surface area (Å²) < 4.78 is 15.9. The molecule has 0 radical (unpaired) electrons. The molecule has 2 aliphatic rings. The zero-order valence-electron chi connectivity index (χ0n) is 16.1. The molecule has 0 N–H and O–H groups in total. The Hall–Kier alpha value is -2.61. The fourth-order valence-electron chi connectivity index (χ4n) is 3.83. The number of rotatable bonds is 7. The van der Waals surface area contributed by atoms with E-state index in [1.807, 2.05) is 0 Å². The SMILES string of the molecule is CN(C)C(=O)c1ccc(OCCCCN2C[C@H]3C[C@H]3C2)c2oc(=O)c(=O)oc12. The van der Waals surface area contributed by atoms with Crippen molar-refractivity contribution in [3.05, 3.63) is 38.5 Å². The fourth-order valence-corrected chi connectivity index (χ4v) is 3.83. The average Bonchev–Trinajstić information content (AvgIpc) is 3.28. The lowest BCUT2D eigenvalue weighted by Gasteiger charge is -2.17. The van der Waals surface area contributed by atoms with Crippen LogP contribution < -0.4 is 16.0 Å². The highest BCUT2D eigenvalue weighted by molar-refractivity contribution is 6.04. The number of nitrogens with zero attached hydrogens (tertiary/aromatic N) is 2. The summed E-state index contributed by atoms with van der Waals surface area (Å²) in [4.78, 5) is 39.4. The number of ether oxygens (including phenoxy) is 1. The van der Waals surface area contributed by atoms with Crippen LogP contribution in [0.15, 0.2) is 30.6 Å². The second kappa shape index (κ2) is 7.43. The van der Waals surface area contributed by atoms with Gasteiger partial charge in [-0.1, -0.05) is 0 Å². The van der Waals surface area contributed by atoms with Crippen LogP contribution in [0.5, 0.6) is 5.75 Å². The van der Waals surface area contributed by atoms with Crippen molar-refractivity contribution < 1.29 is 18.4 Å². The lowest BCUT2D eigenvalue weighted by Crippen LogP contribution is -2.25. The van der Waals surface area contributed by atoms with E-state index in [1.54, 1.807) is 20.2 Å². The molecule has 1 saturated heterocycles. The summed E-state index contributed by atoms with van der Waals surface area (Å²) in [5.74, 6) is 1.79. The monoisotopic (exact) mass is 388 g/mol. The Kier molecular flexibility index (Phi) is 4.97. The Balaban J connectivity index is 1.45. The summed E-state index contributed by atoms with van der Waals surface area (Å²) in [6.07, 6.45) is 3.28. The van der Waals surface area contributed by atoms with E-state index >= 15 is 0 Å². The predicted octanol–water partition coefficient (Wildman–Crippen LogP) is 1.56. The maximum absolute atomic E-state index is 12.3. The van der Waals surface area contributed by atoms with Crippen LogP contribution in [0.3, 0.4) is 0 Å². The number of benzene rings is 1. The van der Waals surface area contributed by atoms with Crippen molar-refractivity contribution in [3.63, 3.8) is 0 Å². The highest BCUT2D eigenvalue weighted by atomic mass is 16.5. The number of likely N-dealkylation sites (tertiary alicyclic amines) is 1. The van der Waals surface area contributed by atoms with E-state index in [4.69, 9.17) is 13.6 Å². The van der Waals surface area contributed by atoms with E-state index < -0.39 is 11.3 Å². The van der Waals surface area contributed by atoms with Crippen LogP contribution >= 0.6 is 0 Å². The summed E-state index contributed by atoms with van der Waals surface area (Å²) >= 11 is 0. The highest BCUT2D eigenvalue weighted by Crippen LogP contribution is 2.44. The van der Waals surface area contributed by atoms with Crippen LogP contribution in [0.25, 0.3) is 11.2 Å². The van der Waals surface area contributed by atoms with Crippen LogP contribution in [0.1, 0.15) is 29.6 Å². The van der Waals surface area contributed by atoms with Gasteiger partial charge in [-0.25, -0.2) is 9.59 Å². The third-order valence-corrected chi connectivity index (χ3v) is 5.45. The molecule has 8 nitrogen and oxygen atoms in total. The summed E-state index contributed by atoms with van der Waals surface area (Å²) in [5, 5.41) is 0. The molecule has 2 fully saturated rings. The third-order valence-electron chi connectivity index (χ3n) is 5.45. The van der Waals surface area contributed by atoms with Gasteiger partial charge in [0.25, 0.3) is 5.91 Å². The molecule has 2 heterocycles. The van der Waals surface area contributed by atoms with Gasteiger partial charge < -0.3 is 23.4 Å². The molecule has 0 bridgehead atoms.